The average Bonchev–Trinajstić information content (AvgIpc) is 4.07. The summed E-state index contributed by atoms with van der Waals surface area (Å²) >= 11 is 0. The summed E-state index contributed by atoms with van der Waals surface area (Å²) < 4.78 is 46.0. The second kappa shape index (κ2) is 17.8. The molecule has 6 rings (SSSR count). The van der Waals surface area contributed by atoms with Crippen molar-refractivity contribution in [3.63, 3.8) is 0 Å². The van der Waals surface area contributed by atoms with Crippen molar-refractivity contribution in [1.29, 1.82) is 0 Å². The number of aromatic nitrogens is 1. The molecule has 7 atom stereocenters. The molecule has 2 aliphatic carbocycles. The number of nitrogens with zero attached hydrogens (tertiary/aromatic N) is 2. The van der Waals surface area contributed by atoms with Gasteiger partial charge in [0.15, 0.2) is 0 Å². The summed E-state index contributed by atoms with van der Waals surface area (Å²) in [6.07, 6.45) is 5.92. The Labute approximate surface area is 348 Å². The van der Waals surface area contributed by atoms with E-state index >= 15 is 0 Å². The molecule has 1 saturated heterocycles. The molecule has 0 radical (unpaired) electrons. The van der Waals surface area contributed by atoms with Crippen LogP contribution in [0.15, 0.2) is 42.5 Å². The minimum Gasteiger partial charge on any atom is -0.478 e. The van der Waals surface area contributed by atoms with Gasteiger partial charge in [0, 0.05) is 28.1 Å². The van der Waals surface area contributed by atoms with E-state index in [0.717, 1.165) is 11.8 Å². The zero-order chi connectivity index (χ0) is 42.6. The van der Waals surface area contributed by atoms with Gasteiger partial charge in [0.2, 0.25) is 33.6 Å². The van der Waals surface area contributed by atoms with Crippen molar-refractivity contribution in [1.82, 2.24) is 25.2 Å². The Hall–Kier alpha value is -4.40. The first kappa shape index (κ1) is 44.7. The Morgan fingerprint density at radius 2 is 1.79 bits per heavy atom. The molecule has 2 saturated carbocycles. The number of carbonyl (C=O) groups is 4. The average molecular weight is 832 g/mol. The van der Waals surface area contributed by atoms with Crippen molar-refractivity contribution in [2.45, 2.75) is 148 Å². The summed E-state index contributed by atoms with van der Waals surface area (Å²) in [4.78, 5) is 62.7. The van der Waals surface area contributed by atoms with Crippen molar-refractivity contribution < 1.29 is 46.1 Å². The fourth-order valence-electron chi connectivity index (χ4n) is 8.14. The van der Waals surface area contributed by atoms with E-state index in [0.29, 0.717) is 50.0 Å². The highest BCUT2D eigenvalue weighted by atomic mass is 32.2. The minimum absolute atomic E-state index is 0. The van der Waals surface area contributed by atoms with Crippen LogP contribution in [0.3, 0.4) is 0 Å². The number of hydrogen-bond donors (Lipinski definition) is 3. The second-order valence-electron chi connectivity index (χ2n) is 17.1. The van der Waals surface area contributed by atoms with Crippen LogP contribution in [0.2, 0.25) is 0 Å². The molecule has 3 heterocycles. The number of benzene rings is 1. The standard InChI is InChI=1S/C41H57N5O9S.C2H6.3H2/c1-8-40(18-19-40)56(51,52)45-37(49)41-23-28(41)16-12-10-14-25(3)20-26(4)33(43-38(50)55-39(5,6)7)36(48)46-24-29(22-31(46)34(47)44-41)54-35-30-17-13-11-15-27(30)21-32(42-35)53-9-2;1-2;;;/h11-13,15-17,21,25-26,28-29,31,33H,8-10,14,18-20,22-24H2,1-7H3,(H,43,50)(H,44,47)(H,45,49);1-2H3;3*1H/b16-12-;;;;/t25-,26-,28-,29-,31+,33+,41-;;;;/m1..../s1. The number of carbonyl (C=O) groups excluding carboxylic acids is 4. The Morgan fingerprint density at radius 3 is 2.45 bits per heavy atom. The molecule has 0 spiro atoms. The van der Waals surface area contributed by atoms with Crippen LogP contribution in [-0.2, 0) is 29.1 Å². The highest BCUT2D eigenvalue weighted by Gasteiger charge is 2.63. The molecule has 1 aromatic carbocycles. The minimum atomic E-state index is -4.01. The molecule has 3 N–H and O–H groups in total. The van der Waals surface area contributed by atoms with Gasteiger partial charge in [-0.25, -0.2) is 13.2 Å². The van der Waals surface area contributed by atoms with Gasteiger partial charge in [-0.3, -0.25) is 19.1 Å². The van der Waals surface area contributed by atoms with E-state index in [-0.39, 0.29) is 41.4 Å². The van der Waals surface area contributed by atoms with Gasteiger partial charge in [-0.2, -0.15) is 4.98 Å². The molecule has 3 fully saturated rings. The predicted molar refractivity (Wildman–Crippen MR) is 228 cm³/mol. The Balaban J connectivity index is 0.00000252. The van der Waals surface area contributed by atoms with Gasteiger partial charge in [-0.15, -0.1) is 0 Å². The Kier molecular flexibility index (Phi) is 13.7. The maximum atomic E-state index is 14.8. The summed E-state index contributed by atoms with van der Waals surface area (Å²) in [5.41, 5.74) is -2.36. The summed E-state index contributed by atoms with van der Waals surface area (Å²) in [5.74, 6) is -1.92. The molecule has 1 aromatic heterocycles. The molecule has 14 nitrogen and oxygen atoms in total. The molecule has 2 aliphatic heterocycles. The molecule has 2 aromatic rings. The Morgan fingerprint density at radius 1 is 1.09 bits per heavy atom. The van der Waals surface area contributed by atoms with Crippen molar-refractivity contribution in [3.8, 4) is 11.8 Å². The number of hydrogen-bond acceptors (Lipinski definition) is 10. The number of amides is 4. The molecule has 0 unspecified atom stereocenters. The maximum absolute atomic E-state index is 14.8. The largest absolute Gasteiger partial charge is 0.478 e. The lowest BCUT2D eigenvalue weighted by atomic mass is 9.88. The van der Waals surface area contributed by atoms with Crippen LogP contribution >= 0.6 is 0 Å². The SMILES string of the molecule is CC.CCOc1cc2ccccc2c(O[C@@H]2C[C@H]3C(=O)N[C@]4(C(=O)NS(=O)(=O)C5(CC)CC5)C[C@H]4/C=C\CC[C@@H](C)C[C@@H](C)[C@H](NC(=O)OC(C)(C)C)C(=O)N3C2)n1.[HH].[HH].[HH]. The topological polar surface area (TPSA) is 182 Å². The summed E-state index contributed by atoms with van der Waals surface area (Å²) in [6, 6.07) is 7.15. The second-order valence-corrected chi connectivity index (χ2v) is 19.2. The number of alkyl carbamates (subject to hydrolysis) is 1. The first-order valence-electron chi connectivity index (χ1n) is 21.0. The van der Waals surface area contributed by atoms with Gasteiger partial charge in [0.1, 0.15) is 29.3 Å². The lowest BCUT2D eigenvalue weighted by molar-refractivity contribution is -0.142. The number of nitrogens with one attached hydrogen (secondary N) is 3. The molecular formula is C43H69N5O9S. The van der Waals surface area contributed by atoms with Crippen LogP contribution in [0, 0.1) is 17.8 Å². The molecule has 4 amide bonds. The number of rotatable bonds is 9. The van der Waals surface area contributed by atoms with E-state index in [9.17, 15) is 27.6 Å². The molecule has 326 valence electrons. The van der Waals surface area contributed by atoms with E-state index in [2.05, 4.69) is 27.3 Å². The molecule has 58 heavy (non-hydrogen) atoms. The van der Waals surface area contributed by atoms with Crippen LogP contribution in [0.1, 0.15) is 118 Å². The normalized spacial score (nSPS) is 28.8. The maximum Gasteiger partial charge on any atom is 0.408 e. The van der Waals surface area contributed by atoms with E-state index in [1.165, 1.54) is 4.90 Å². The van der Waals surface area contributed by atoms with Gasteiger partial charge in [-0.1, -0.05) is 65.0 Å². The number of pyridine rings is 1. The van der Waals surface area contributed by atoms with Crippen LogP contribution in [0.5, 0.6) is 11.8 Å². The molecular weight excluding hydrogens is 763 g/mol. The fraction of sp³-hybridized carbons (Fsp3) is 0.651. The third kappa shape index (κ3) is 9.89. The van der Waals surface area contributed by atoms with E-state index < -0.39 is 73.8 Å². The zero-order valence-corrected chi connectivity index (χ0v) is 36.4. The van der Waals surface area contributed by atoms with E-state index in [1.54, 1.807) is 27.7 Å². The van der Waals surface area contributed by atoms with Crippen molar-refractivity contribution in [2.75, 3.05) is 13.2 Å². The number of ether oxygens (including phenoxy) is 3. The van der Waals surface area contributed by atoms with Crippen molar-refractivity contribution >= 4 is 44.6 Å². The summed E-state index contributed by atoms with van der Waals surface area (Å²) in [5, 5.41) is 7.29. The molecule has 0 bridgehead atoms. The third-order valence-corrected chi connectivity index (χ3v) is 13.9. The van der Waals surface area contributed by atoms with Gasteiger partial charge in [-0.05, 0) is 95.9 Å². The Bertz CT molecular complexity index is 1990. The zero-order valence-electron chi connectivity index (χ0n) is 35.6. The monoisotopic (exact) mass is 831 g/mol. The fourth-order valence-corrected chi connectivity index (χ4v) is 9.80. The predicted octanol–water partition coefficient (Wildman–Crippen LogP) is 6.92. The first-order chi connectivity index (χ1) is 27.4. The number of allylic oxidation sites excluding steroid dienone is 1. The number of sulfonamides is 1. The van der Waals surface area contributed by atoms with Crippen LogP contribution in [0.4, 0.5) is 4.79 Å². The van der Waals surface area contributed by atoms with Crippen LogP contribution in [0.25, 0.3) is 10.8 Å². The van der Waals surface area contributed by atoms with Gasteiger partial charge in [0.05, 0.1) is 17.9 Å². The highest BCUT2D eigenvalue weighted by molar-refractivity contribution is 7.91. The highest BCUT2D eigenvalue weighted by Crippen LogP contribution is 2.49. The van der Waals surface area contributed by atoms with Crippen molar-refractivity contribution in [2.24, 2.45) is 17.8 Å². The third-order valence-electron chi connectivity index (χ3n) is 11.6. The van der Waals surface area contributed by atoms with Gasteiger partial charge >= 0.3 is 6.09 Å². The first-order valence-corrected chi connectivity index (χ1v) is 22.4. The van der Waals surface area contributed by atoms with Crippen LogP contribution < -0.4 is 24.8 Å². The molecule has 4 aliphatic rings. The number of fused-ring (bicyclic) bond motifs is 3. The van der Waals surface area contributed by atoms with E-state index in [1.807, 2.05) is 70.2 Å². The smallest absolute Gasteiger partial charge is 0.408 e. The lowest BCUT2D eigenvalue weighted by Crippen LogP contribution is -2.59. The van der Waals surface area contributed by atoms with Crippen LogP contribution in [-0.4, -0.2) is 89.3 Å². The summed E-state index contributed by atoms with van der Waals surface area (Å²) in [6.45, 7) is 17.2. The van der Waals surface area contributed by atoms with E-state index in [4.69, 9.17) is 14.2 Å². The summed E-state index contributed by atoms with van der Waals surface area (Å²) in [7, 11) is -4.01. The lowest BCUT2D eigenvalue weighted by Gasteiger charge is -2.33. The quantitative estimate of drug-likeness (QED) is 0.225. The van der Waals surface area contributed by atoms with Crippen molar-refractivity contribution in [3.05, 3.63) is 42.5 Å². The van der Waals surface area contributed by atoms with Gasteiger partial charge < -0.3 is 29.7 Å². The van der Waals surface area contributed by atoms with Gasteiger partial charge in [0.25, 0.3) is 5.91 Å². The molecule has 15 heteroatoms.